The molecule has 0 heterocycles. The van der Waals surface area contributed by atoms with Crippen molar-refractivity contribution in [2.75, 3.05) is 6.54 Å². The molecular formula is C31H30Cl2N2O2. The number of halogens is 2. The number of carbonyl (C=O) groups excluding carboxylic acids is 2. The van der Waals surface area contributed by atoms with Gasteiger partial charge in [-0.3, -0.25) is 9.59 Å². The van der Waals surface area contributed by atoms with Crippen molar-refractivity contribution in [2.24, 2.45) is 0 Å². The van der Waals surface area contributed by atoms with Crippen LogP contribution in [0.4, 0.5) is 0 Å². The molecule has 4 aromatic carbocycles. The number of fused-ring (bicyclic) bond motifs is 1. The van der Waals surface area contributed by atoms with Crippen molar-refractivity contribution >= 4 is 45.8 Å². The SMILES string of the molecule is CCNC(=O)[C@@H](Cc1ccccc1)N(Cc1ccc(Cl)c(Cl)c1)C(=O)CCc1cccc2ccccc12. The Balaban J connectivity index is 1.64. The Hall–Kier alpha value is -3.34. The third-order valence-corrected chi connectivity index (χ3v) is 7.19. The number of benzene rings is 4. The minimum absolute atomic E-state index is 0.0915. The highest BCUT2D eigenvalue weighted by atomic mass is 35.5. The molecule has 37 heavy (non-hydrogen) atoms. The Kier molecular flexibility index (Phi) is 9.21. The van der Waals surface area contributed by atoms with Crippen LogP contribution < -0.4 is 5.32 Å². The van der Waals surface area contributed by atoms with E-state index in [1.165, 1.54) is 0 Å². The summed E-state index contributed by atoms with van der Waals surface area (Å²) in [4.78, 5) is 28.8. The van der Waals surface area contributed by atoms with Crippen molar-refractivity contribution in [2.45, 2.75) is 38.8 Å². The summed E-state index contributed by atoms with van der Waals surface area (Å²) in [6.07, 6.45) is 1.26. The van der Waals surface area contributed by atoms with Gasteiger partial charge in [-0.1, -0.05) is 102 Å². The number of nitrogens with one attached hydrogen (secondary N) is 1. The van der Waals surface area contributed by atoms with Crippen molar-refractivity contribution in [1.82, 2.24) is 10.2 Å². The number of aryl methyl sites for hydroxylation is 1. The molecule has 0 bridgehead atoms. The van der Waals surface area contributed by atoms with Gasteiger partial charge in [0.15, 0.2) is 0 Å². The molecule has 1 N–H and O–H groups in total. The number of nitrogens with zero attached hydrogens (tertiary/aromatic N) is 1. The third-order valence-electron chi connectivity index (χ3n) is 6.45. The zero-order chi connectivity index (χ0) is 26.2. The monoisotopic (exact) mass is 532 g/mol. The number of amides is 2. The smallest absolute Gasteiger partial charge is 0.243 e. The number of hydrogen-bond acceptors (Lipinski definition) is 2. The summed E-state index contributed by atoms with van der Waals surface area (Å²) < 4.78 is 0. The van der Waals surface area contributed by atoms with Gasteiger partial charge in [-0.05, 0) is 52.9 Å². The molecule has 6 heteroatoms. The summed E-state index contributed by atoms with van der Waals surface area (Å²) in [5.74, 6) is -0.267. The van der Waals surface area contributed by atoms with Gasteiger partial charge < -0.3 is 10.2 Å². The average Bonchev–Trinajstić information content (AvgIpc) is 2.92. The molecule has 0 saturated heterocycles. The van der Waals surface area contributed by atoms with E-state index in [9.17, 15) is 9.59 Å². The third kappa shape index (κ3) is 6.91. The van der Waals surface area contributed by atoms with Gasteiger partial charge in [-0.2, -0.15) is 0 Å². The van der Waals surface area contributed by atoms with Crippen molar-refractivity contribution < 1.29 is 9.59 Å². The molecule has 0 aromatic heterocycles. The first kappa shape index (κ1) is 26.7. The number of hydrogen-bond donors (Lipinski definition) is 1. The predicted molar refractivity (Wildman–Crippen MR) is 152 cm³/mol. The molecule has 2 amide bonds. The summed E-state index contributed by atoms with van der Waals surface area (Å²) in [6.45, 7) is 2.61. The summed E-state index contributed by atoms with van der Waals surface area (Å²) in [5.41, 5.74) is 2.91. The van der Waals surface area contributed by atoms with E-state index < -0.39 is 6.04 Å². The van der Waals surface area contributed by atoms with Gasteiger partial charge >= 0.3 is 0 Å². The number of rotatable bonds is 10. The Morgan fingerprint density at radius 3 is 2.32 bits per heavy atom. The zero-order valence-corrected chi connectivity index (χ0v) is 22.3. The molecule has 4 rings (SSSR count). The molecule has 0 aliphatic carbocycles. The summed E-state index contributed by atoms with van der Waals surface area (Å²) in [5, 5.41) is 6.07. The van der Waals surface area contributed by atoms with E-state index in [0.717, 1.165) is 27.5 Å². The molecule has 190 valence electrons. The standard InChI is InChI=1S/C31H30Cl2N2O2/c1-2-34-31(37)29(20-22-9-4-3-5-10-22)35(21-23-15-17-27(32)28(33)19-23)30(36)18-16-25-13-8-12-24-11-6-7-14-26(24)25/h3-15,17,19,29H,2,16,18,20-21H2,1H3,(H,34,37)/t29-/m1/s1. The van der Waals surface area contributed by atoms with Crippen LogP contribution in [0.3, 0.4) is 0 Å². The predicted octanol–water partition coefficient (Wildman–Crippen LogP) is 6.86. The Labute approximate surface area is 228 Å². The molecule has 4 aromatic rings. The van der Waals surface area contributed by atoms with Crippen molar-refractivity contribution in [1.29, 1.82) is 0 Å². The van der Waals surface area contributed by atoms with Crippen LogP contribution in [0, 0.1) is 0 Å². The van der Waals surface area contributed by atoms with E-state index in [1.807, 2.05) is 61.5 Å². The quantitative estimate of drug-likeness (QED) is 0.242. The lowest BCUT2D eigenvalue weighted by Crippen LogP contribution is -2.50. The first-order chi connectivity index (χ1) is 18.0. The fourth-order valence-corrected chi connectivity index (χ4v) is 4.90. The first-order valence-corrected chi connectivity index (χ1v) is 13.2. The van der Waals surface area contributed by atoms with E-state index in [4.69, 9.17) is 23.2 Å². The fraction of sp³-hybridized carbons (Fsp3) is 0.226. The summed E-state index contributed by atoms with van der Waals surface area (Å²) in [6, 6.07) is 28.7. The molecule has 0 saturated carbocycles. The van der Waals surface area contributed by atoms with Crippen LogP contribution in [0.5, 0.6) is 0 Å². The fourth-order valence-electron chi connectivity index (χ4n) is 4.58. The molecule has 0 aliphatic heterocycles. The molecule has 0 spiro atoms. The number of carbonyl (C=O) groups is 2. The minimum atomic E-state index is -0.670. The van der Waals surface area contributed by atoms with Crippen LogP contribution in [0.15, 0.2) is 91.0 Å². The Morgan fingerprint density at radius 2 is 1.57 bits per heavy atom. The maximum atomic E-state index is 13.8. The second-order valence-electron chi connectivity index (χ2n) is 9.01. The average molecular weight is 533 g/mol. The van der Waals surface area contributed by atoms with Gasteiger partial charge in [-0.15, -0.1) is 0 Å². The second kappa shape index (κ2) is 12.8. The zero-order valence-electron chi connectivity index (χ0n) is 20.8. The van der Waals surface area contributed by atoms with Gasteiger partial charge in [0, 0.05) is 25.9 Å². The van der Waals surface area contributed by atoms with Crippen LogP contribution in [0.2, 0.25) is 10.0 Å². The lowest BCUT2D eigenvalue weighted by atomic mass is 9.99. The lowest BCUT2D eigenvalue weighted by Gasteiger charge is -2.31. The van der Waals surface area contributed by atoms with Crippen molar-refractivity contribution in [3.8, 4) is 0 Å². The Bertz CT molecular complexity index is 1370. The van der Waals surface area contributed by atoms with Gasteiger partial charge in [0.2, 0.25) is 11.8 Å². The Morgan fingerprint density at radius 1 is 0.838 bits per heavy atom. The lowest BCUT2D eigenvalue weighted by molar-refractivity contribution is -0.141. The first-order valence-electron chi connectivity index (χ1n) is 12.5. The molecular weight excluding hydrogens is 503 g/mol. The van der Waals surface area contributed by atoms with Crippen LogP contribution in [0.25, 0.3) is 10.8 Å². The van der Waals surface area contributed by atoms with Crippen molar-refractivity contribution in [3.63, 3.8) is 0 Å². The summed E-state index contributed by atoms with van der Waals surface area (Å²) in [7, 11) is 0. The van der Waals surface area contributed by atoms with Gasteiger partial charge in [0.25, 0.3) is 0 Å². The van der Waals surface area contributed by atoms with E-state index in [2.05, 4.69) is 29.6 Å². The normalized spacial score (nSPS) is 11.8. The van der Waals surface area contributed by atoms with Crippen molar-refractivity contribution in [3.05, 3.63) is 118 Å². The molecule has 1 atom stereocenters. The number of likely N-dealkylation sites (N-methyl/N-ethyl adjacent to an activating group) is 1. The largest absolute Gasteiger partial charge is 0.355 e. The highest BCUT2D eigenvalue weighted by molar-refractivity contribution is 6.42. The van der Waals surface area contributed by atoms with E-state index >= 15 is 0 Å². The molecule has 0 radical (unpaired) electrons. The van der Waals surface area contributed by atoms with Crippen LogP contribution in [0.1, 0.15) is 30.0 Å². The summed E-state index contributed by atoms with van der Waals surface area (Å²) >= 11 is 12.4. The van der Waals surface area contributed by atoms with E-state index in [0.29, 0.717) is 29.4 Å². The van der Waals surface area contributed by atoms with E-state index in [-0.39, 0.29) is 24.8 Å². The maximum Gasteiger partial charge on any atom is 0.243 e. The molecule has 0 aliphatic rings. The highest BCUT2D eigenvalue weighted by Crippen LogP contribution is 2.25. The van der Waals surface area contributed by atoms with Gasteiger partial charge in [0.05, 0.1) is 10.0 Å². The van der Waals surface area contributed by atoms with Gasteiger partial charge in [0.1, 0.15) is 6.04 Å². The van der Waals surface area contributed by atoms with Crippen LogP contribution in [-0.2, 0) is 29.0 Å². The van der Waals surface area contributed by atoms with Gasteiger partial charge in [-0.25, -0.2) is 0 Å². The maximum absolute atomic E-state index is 13.8. The molecule has 0 fully saturated rings. The topological polar surface area (TPSA) is 49.4 Å². The van der Waals surface area contributed by atoms with Crippen LogP contribution >= 0.6 is 23.2 Å². The second-order valence-corrected chi connectivity index (χ2v) is 9.82. The molecule has 0 unspecified atom stereocenters. The molecule has 4 nitrogen and oxygen atoms in total. The van der Waals surface area contributed by atoms with E-state index in [1.54, 1.807) is 17.0 Å². The highest BCUT2D eigenvalue weighted by Gasteiger charge is 2.30. The minimum Gasteiger partial charge on any atom is -0.355 e. The van der Waals surface area contributed by atoms with Crippen LogP contribution in [-0.4, -0.2) is 29.3 Å².